The van der Waals surface area contributed by atoms with Crippen LogP contribution in [0.3, 0.4) is 0 Å². The Labute approximate surface area is 170 Å². The minimum Gasteiger partial charge on any atom is -0.455 e. The third kappa shape index (κ3) is 3.67. The summed E-state index contributed by atoms with van der Waals surface area (Å²) in [5.41, 5.74) is 0.415. The summed E-state index contributed by atoms with van der Waals surface area (Å²) in [6.45, 7) is 1.19. The number of carbonyl (C=O) groups is 5. The van der Waals surface area contributed by atoms with Crippen molar-refractivity contribution in [1.82, 2.24) is 4.90 Å². The molecule has 1 aromatic carbocycles. The average molecular weight is 411 g/mol. The van der Waals surface area contributed by atoms with E-state index in [0.29, 0.717) is 26.3 Å². The molecule has 30 heavy (non-hydrogen) atoms. The van der Waals surface area contributed by atoms with E-state index in [1.807, 2.05) is 0 Å². The van der Waals surface area contributed by atoms with Crippen LogP contribution in [0.25, 0.3) is 0 Å². The molecule has 9 nitrogen and oxygen atoms in total. The highest BCUT2D eigenvalue weighted by molar-refractivity contribution is 6.28. The molecule has 0 unspecified atom stereocenters. The second-order valence-electron chi connectivity index (χ2n) is 6.81. The standard InChI is InChI=1S/C21H17NO8/c23-15(10-18(25)29-11-17(24)22-5-7-28-8-6-22)16-9-14-19(26)12-3-1-2-4-13(12)20(27)21(14)30-16/h1-4,9H,5-8,10-11H2. The van der Waals surface area contributed by atoms with Crippen LogP contribution in [0.2, 0.25) is 0 Å². The van der Waals surface area contributed by atoms with Gasteiger partial charge in [0, 0.05) is 24.2 Å². The molecule has 0 bridgehead atoms. The maximum atomic E-state index is 12.6. The predicted octanol–water partition coefficient (Wildman–Crippen LogP) is 1.03. The van der Waals surface area contributed by atoms with Gasteiger partial charge in [-0.25, -0.2) is 0 Å². The van der Waals surface area contributed by atoms with E-state index >= 15 is 0 Å². The number of hydrogen-bond donors (Lipinski definition) is 0. The molecule has 0 spiro atoms. The van der Waals surface area contributed by atoms with Crippen molar-refractivity contribution in [2.45, 2.75) is 6.42 Å². The van der Waals surface area contributed by atoms with Crippen LogP contribution in [-0.4, -0.2) is 67.0 Å². The molecule has 1 saturated heterocycles. The molecule has 0 radical (unpaired) electrons. The summed E-state index contributed by atoms with van der Waals surface area (Å²) >= 11 is 0. The van der Waals surface area contributed by atoms with Gasteiger partial charge in [-0.3, -0.25) is 24.0 Å². The van der Waals surface area contributed by atoms with Gasteiger partial charge in [-0.2, -0.15) is 0 Å². The topological polar surface area (TPSA) is 120 Å². The summed E-state index contributed by atoms with van der Waals surface area (Å²) in [4.78, 5) is 62.9. The van der Waals surface area contributed by atoms with E-state index in [1.54, 1.807) is 12.1 Å². The van der Waals surface area contributed by atoms with Crippen LogP contribution in [0.5, 0.6) is 0 Å². The number of hydrogen-bond acceptors (Lipinski definition) is 8. The van der Waals surface area contributed by atoms with Crippen molar-refractivity contribution >= 4 is 29.2 Å². The zero-order valence-electron chi connectivity index (χ0n) is 15.8. The van der Waals surface area contributed by atoms with E-state index in [-0.39, 0.29) is 34.1 Å². The molecule has 0 saturated carbocycles. The number of rotatable bonds is 5. The lowest BCUT2D eigenvalue weighted by Gasteiger charge is -2.26. The Morgan fingerprint density at radius 1 is 0.967 bits per heavy atom. The number of benzene rings is 1. The Morgan fingerprint density at radius 2 is 1.63 bits per heavy atom. The third-order valence-corrected chi connectivity index (χ3v) is 4.90. The van der Waals surface area contributed by atoms with E-state index in [0.717, 1.165) is 0 Å². The van der Waals surface area contributed by atoms with Gasteiger partial charge >= 0.3 is 5.97 Å². The predicted molar refractivity (Wildman–Crippen MR) is 99.3 cm³/mol. The second-order valence-corrected chi connectivity index (χ2v) is 6.81. The van der Waals surface area contributed by atoms with Gasteiger partial charge in [0.25, 0.3) is 5.91 Å². The van der Waals surface area contributed by atoms with Gasteiger partial charge in [-0.1, -0.05) is 24.3 Å². The highest BCUT2D eigenvalue weighted by Gasteiger charge is 2.34. The molecule has 1 aliphatic heterocycles. The molecule has 1 amide bonds. The van der Waals surface area contributed by atoms with Gasteiger partial charge in [0.05, 0.1) is 18.8 Å². The molecule has 2 aliphatic rings. The van der Waals surface area contributed by atoms with Crippen LogP contribution in [0.4, 0.5) is 0 Å². The molecule has 1 aliphatic carbocycles. The Hall–Kier alpha value is -3.59. The summed E-state index contributed by atoms with van der Waals surface area (Å²) in [7, 11) is 0. The molecule has 1 aromatic heterocycles. The van der Waals surface area contributed by atoms with Gasteiger partial charge in [-0.05, 0) is 6.07 Å². The molecule has 0 N–H and O–H groups in total. The highest BCUT2D eigenvalue weighted by Crippen LogP contribution is 2.30. The van der Waals surface area contributed by atoms with Gasteiger partial charge in [0.2, 0.25) is 11.6 Å². The number of nitrogens with zero attached hydrogens (tertiary/aromatic N) is 1. The summed E-state index contributed by atoms with van der Waals surface area (Å²) in [6, 6.07) is 7.45. The van der Waals surface area contributed by atoms with E-state index in [4.69, 9.17) is 13.9 Å². The first-order valence-corrected chi connectivity index (χ1v) is 9.32. The lowest BCUT2D eigenvalue weighted by Crippen LogP contribution is -2.42. The molecule has 0 atom stereocenters. The third-order valence-electron chi connectivity index (χ3n) is 4.90. The van der Waals surface area contributed by atoms with Gasteiger partial charge in [-0.15, -0.1) is 0 Å². The van der Waals surface area contributed by atoms with Crippen LogP contribution in [-0.2, 0) is 19.1 Å². The summed E-state index contributed by atoms with van der Waals surface area (Å²) in [5.74, 6) is -3.47. The van der Waals surface area contributed by atoms with Crippen molar-refractivity contribution in [3.63, 3.8) is 0 Å². The number of morpholine rings is 1. The monoisotopic (exact) mass is 411 g/mol. The van der Waals surface area contributed by atoms with E-state index in [1.165, 1.54) is 23.1 Å². The van der Waals surface area contributed by atoms with E-state index < -0.39 is 36.3 Å². The number of esters is 1. The van der Waals surface area contributed by atoms with Crippen LogP contribution < -0.4 is 0 Å². The van der Waals surface area contributed by atoms with Gasteiger partial charge in [0.15, 0.2) is 23.9 Å². The first-order valence-electron chi connectivity index (χ1n) is 9.32. The van der Waals surface area contributed by atoms with Crippen molar-refractivity contribution < 1.29 is 37.9 Å². The fourth-order valence-electron chi connectivity index (χ4n) is 3.33. The first-order chi connectivity index (χ1) is 14.5. The molecule has 2 heterocycles. The van der Waals surface area contributed by atoms with E-state index in [2.05, 4.69) is 0 Å². The summed E-state index contributed by atoms with van der Waals surface area (Å²) in [5, 5.41) is 0. The van der Waals surface area contributed by atoms with Crippen molar-refractivity contribution in [2.24, 2.45) is 0 Å². The molecule has 154 valence electrons. The zero-order chi connectivity index (χ0) is 21.3. The normalized spacial score (nSPS) is 15.4. The molecule has 2 aromatic rings. The maximum absolute atomic E-state index is 12.6. The Bertz CT molecular complexity index is 1010. The smallest absolute Gasteiger partial charge is 0.314 e. The fraction of sp³-hybridized carbons (Fsp3) is 0.286. The minimum absolute atomic E-state index is 0.0158. The number of furan rings is 1. The number of fused-ring (bicyclic) bond motifs is 2. The summed E-state index contributed by atoms with van der Waals surface area (Å²) < 4.78 is 15.3. The van der Waals surface area contributed by atoms with Crippen molar-refractivity contribution in [1.29, 1.82) is 0 Å². The molecule has 1 fully saturated rings. The molecular weight excluding hydrogens is 394 g/mol. The van der Waals surface area contributed by atoms with Crippen molar-refractivity contribution in [3.8, 4) is 0 Å². The number of amides is 1. The summed E-state index contributed by atoms with van der Waals surface area (Å²) in [6.07, 6.45) is -0.682. The fourth-order valence-corrected chi connectivity index (χ4v) is 3.33. The Kier molecular flexibility index (Phi) is 5.28. The van der Waals surface area contributed by atoms with Crippen LogP contribution in [0.15, 0.2) is 34.7 Å². The first kappa shape index (κ1) is 19.7. The Balaban J connectivity index is 1.40. The average Bonchev–Trinajstić information content (AvgIpc) is 3.23. The van der Waals surface area contributed by atoms with Gasteiger partial charge in [0.1, 0.15) is 6.42 Å². The van der Waals surface area contributed by atoms with Crippen molar-refractivity contribution in [2.75, 3.05) is 32.9 Å². The highest BCUT2D eigenvalue weighted by atomic mass is 16.5. The van der Waals surface area contributed by atoms with Gasteiger partial charge < -0.3 is 18.8 Å². The molecule has 4 rings (SSSR count). The largest absolute Gasteiger partial charge is 0.455 e. The number of ketones is 3. The molecular formula is C21H17NO8. The number of ether oxygens (including phenoxy) is 2. The van der Waals surface area contributed by atoms with Crippen LogP contribution in [0, 0.1) is 0 Å². The number of Topliss-reactive ketones (excluding diaryl/α,β-unsaturated/α-hetero) is 1. The second kappa shape index (κ2) is 8.03. The number of carbonyl (C=O) groups excluding carboxylic acids is 5. The lowest BCUT2D eigenvalue weighted by atomic mass is 9.88. The quantitative estimate of drug-likeness (QED) is 0.347. The van der Waals surface area contributed by atoms with Crippen LogP contribution in [0.1, 0.15) is 49.0 Å². The molecule has 9 heteroatoms. The minimum atomic E-state index is -0.906. The van der Waals surface area contributed by atoms with Crippen molar-refractivity contribution in [3.05, 3.63) is 58.5 Å². The van der Waals surface area contributed by atoms with E-state index in [9.17, 15) is 24.0 Å². The van der Waals surface area contributed by atoms with Crippen LogP contribution >= 0.6 is 0 Å². The Morgan fingerprint density at radius 3 is 2.33 bits per heavy atom. The zero-order valence-corrected chi connectivity index (χ0v) is 15.8. The lowest BCUT2D eigenvalue weighted by molar-refractivity contribution is -0.153. The SMILES string of the molecule is O=C(CC(=O)c1cc2c(o1)C(=O)c1ccccc1C2=O)OCC(=O)N1CCOCC1. The maximum Gasteiger partial charge on any atom is 0.314 e.